The Hall–Kier alpha value is -1.09. The molecule has 0 bridgehead atoms. The monoisotopic (exact) mass is 289 g/mol. The van der Waals surface area contributed by atoms with Crippen molar-refractivity contribution in [1.29, 1.82) is 0 Å². The van der Waals surface area contributed by atoms with Gasteiger partial charge in [0.1, 0.15) is 5.82 Å². The highest BCUT2D eigenvalue weighted by atomic mass is 15.2. The molecular formula is C18H31N3. The molecule has 3 nitrogen and oxygen atoms in total. The number of likely N-dealkylation sites (tertiary alicyclic amines) is 1. The normalized spacial score (nSPS) is 20.0. The summed E-state index contributed by atoms with van der Waals surface area (Å²) in [5, 5.41) is 0. The lowest BCUT2D eigenvalue weighted by molar-refractivity contribution is 0.205. The Labute approximate surface area is 130 Å². The number of rotatable bonds is 5. The predicted molar refractivity (Wildman–Crippen MR) is 90.8 cm³/mol. The van der Waals surface area contributed by atoms with Gasteiger partial charge in [-0.1, -0.05) is 6.07 Å². The molecule has 1 atom stereocenters. The summed E-state index contributed by atoms with van der Waals surface area (Å²) >= 11 is 0. The third kappa shape index (κ3) is 3.39. The Morgan fingerprint density at radius 2 is 1.81 bits per heavy atom. The van der Waals surface area contributed by atoms with E-state index in [4.69, 9.17) is 4.98 Å². The molecule has 0 radical (unpaired) electrons. The summed E-state index contributed by atoms with van der Waals surface area (Å²) in [7, 11) is 0. The Morgan fingerprint density at radius 1 is 1.14 bits per heavy atom. The molecule has 3 heteroatoms. The molecule has 2 rings (SSSR count). The van der Waals surface area contributed by atoms with Crippen molar-refractivity contribution in [3.05, 3.63) is 23.9 Å². The Morgan fingerprint density at radius 3 is 2.38 bits per heavy atom. The van der Waals surface area contributed by atoms with Crippen LogP contribution in [0.15, 0.2) is 18.3 Å². The molecule has 0 aliphatic carbocycles. The van der Waals surface area contributed by atoms with Crippen LogP contribution in [0, 0.1) is 0 Å². The van der Waals surface area contributed by atoms with Crippen LogP contribution in [0.5, 0.6) is 0 Å². The number of anilines is 1. The molecule has 1 aliphatic heterocycles. The zero-order valence-electron chi connectivity index (χ0n) is 14.5. The van der Waals surface area contributed by atoms with E-state index in [1.807, 2.05) is 6.20 Å². The molecule has 21 heavy (non-hydrogen) atoms. The average Bonchev–Trinajstić information content (AvgIpc) is 2.87. The van der Waals surface area contributed by atoms with Crippen molar-refractivity contribution in [3.63, 3.8) is 0 Å². The minimum atomic E-state index is 0.465. The molecule has 1 aromatic heterocycles. The van der Waals surface area contributed by atoms with E-state index in [0.29, 0.717) is 24.2 Å². The molecule has 1 saturated heterocycles. The van der Waals surface area contributed by atoms with Crippen molar-refractivity contribution in [2.45, 2.75) is 78.6 Å². The van der Waals surface area contributed by atoms with Gasteiger partial charge in [0.2, 0.25) is 0 Å². The van der Waals surface area contributed by atoms with E-state index >= 15 is 0 Å². The van der Waals surface area contributed by atoms with Crippen molar-refractivity contribution in [2.75, 3.05) is 11.4 Å². The van der Waals surface area contributed by atoms with E-state index in [0.717, 1.165) is 0 Å². The van der Waals surface area contributed by atoms with Crippen molar-refractivity contribution in [3.8, 4) is 0 Å². The minimum absolute atomic E-state index is 0.465. The first-order valence-electron chi connectivity index (χ1n) is 8.42. The average molecular weight is 289 g/mol. The van der Waals surface area contributed by atoms with Crippen molar-refractivity contribution >= 4 is 5.82 Å². The lowest BCUT2D eigenvalue weighted by atomic mass is 10.0. The van der Waals surface area contributed by atoms with Gasteiger partial charge in [-0.15, -0.1) is 0 Å². The number of hydrogen-bond acceptors (Lipinski definition) is 3. The van der Waals surface area contributed by atoms with Crippen molar-refractivity contribution < 1.29 is 0 Å². The van der Waals surface area contributed by atoms with Gasteiger partial charge in [0.15, 0.2) is 0 Å². The Balaban J connectivity index is 2.41. The van der Waals surface area contributed by atoms with Gasteiger partial charge in [0.25, 0.3) is 0 Å². The van der Waals surface area contributed by atoms with Crippen LogP contribution in [0.2, 0.25) is 0 Å². The van der Waals surface area contributed by atoms with Crippen LogP contribution in [0.4, 0.5) is 5.82 Å². The maximum Gasteiger partial charge on any atom is 0.133 e. The van der Waals surface area contributed by atoms with Gasteiger partial charge in [-0.2, -0.15) is 0 Å². The SMILES string of the molecule is CC(C)N1CCCC1c1cccnc1N(C(C)C)C(C)C. The fraction of sp³-hybridized carbons (Fsp3) is 0.722. The predicted octanol–water partition coefficient (Wildman–Crippen LogP) is 4.25. The number of hydrogen-bond donors (Lipinski definition) is 0. The van der Waals surface area contributed by atoms with Gasteiger partial charge in [-0.3, -0.25) is 4.90 Å². The molecule has 0 amide bonds. The number of aromatic nitrogens is 1. The second-order valence-electron chi connectivity index (χ2n) is 7.00. The molecule has 1 fully saturated rings. The standard InChI is InChI=1S/C18H31N3/c1-13(2)20-12-8-10-17(20)16-9-7-11-19-18(16)21(14(3)4)15(5)6/h7,9,11,13-15,17H,8,10,12H2,1-6H3. The van der Waals surface area contributed by atoms with Crippen molar-refractivity contribution in [2.24, 2.45) is 0 Å². The quantitative estimate of drug-likeness (QED) is 0.808. The number of pyridine rings is 1. The van der Waals surface area contributed by atoms with Crippen LogP contribution in [-0.4, -0.2) is 34.6 Å². The molecule has 2 heterocycles. The second kappa shape index (κ2) is 6.78. The first-order chi connectivity index (χ1) is 9.93. The van der Waals surface area contributed by atoms with Crippen LogP contribution < -0.4 is 4.90 Å². The molecule has 0 aromatic carbocycles. The van der Waals surface area contributed by atoms with Gasteiger partial charge >= 0.3 is 0 Å². The van der Waals surface area contributed by atoms with E-state index in [2.05, 4.69) is 63.5 Å². The minimum Gasteiger partial charge on any atom is -0.351 e. The Kier molecular flexibility index (Phi) is 5.26. The fourth-order valence-electron chi connectivity index (χ4n) is 3.71. The summed E-state index contributed by atoms with van der Waals surface area (Å²) < 4.78 is 0. The van der Waals surface area contributed by atoms with E-state index in [1.165, 1.54) is 30.8 Å². The second-order valence-corrected chi connectivity index (χ2v) is 7.00. The maximum absolute atomic E-state index is 4.76. The maximum atomic E-state index is 4.76. The van der Waals surface area contributed by atoms with E-state index < -0.39 is 0 Å². The molecule has 0 spiro atoms. The summed E-state index contributed by atoms with van der Waals surface area (Å²) in [5.41, 5.74) is 1.41. The zero-order chi connectivity index (χ0) is 15.6. The molecule has 1 aliphatic rings. The van der Waals surface area contributed by atoms with Gasteiger partial charge in [-0.05, 0) is 67.0 Å². The molecule has 0 N–H and O–H groups in total. The van der Waals surface area contributed by atoms with E-state index in [9.17, 15) is 0 Å². The van der Waals surface area contributed by atoms with Gasteiger partial charge in [0, 0.05) is 35.9 Å². The summed E-state index contributed by atoms with van der Waals surface area (Å²) in [6, 6.07) is 6.42. The smallest absolute Gasteiger partial charge is 0.133 e. The van der Waals surface area contributed by atoms with Crippen LogP contribution in [0.25, 0.3) is 0 Å². The van der Waals surface area contributed by atoms with Crippen LogP contribution in [-0.2, 0) is 0 Å². The van der Waals surface area contributed by atoms with Crippen LogP contribution >= 0.6 is 0 Å². The van der Waals surface area contributed by atoms with Crippen LogP contribution in [0.1, 0.15) is 66.0 Å². The third-order valence-corrected chi connectivity index (χ3v) is 4.49. The molecular weight excluding hydrogens is 258 g/mol. The summed E-state index contributed by atoms with van der Waals surface area (Å²) in [4.78, 5) is 9.83. The molecule has 118 valence electrons. The van der Waals surface area contributed by atoms with Gasteiger partial charge in [0.05, 0.1) is 0 Å². The molecule has 1 unspecified atom stereocenters. The number of nitrogens with zero attached hydrogens (tertiary/aromatic N) is 3. The summed E-state index contributed by atoms with van der Waals surface area (Å²) in [5.74, 6) is 1.18. The first kappa shape index (κ1) is 16.3. The van der Waals surface area contributed by atoms with Gasteiger partial charge < -0.3 is 4.90 Å². The fourth-order valence-corrected chi connectivity index (χ4v) is 3.71. The lowest BCUT2D eigenvalue weighted by Gasteiger charge is -2.36. The summed E-state index contributed by atoms with van der Waals surface area (Å²) in [6.07, 6.45) is 4.48. The highest BCUT2D eigenvalue weighted by Crippen LogP contribution is 2.38. The van der Waals surface area contributed by atoms with E-state index in [-0.39, 0.29) is 0 Å². The highest BCUT2D eigenvalue weighted by molar-refractivity contribution is 5.50. The topological polar surface area (TPSA) is 19.4 Å². The largest absolute Gasteiger partial charge is 0.351 e. The van der Waals surface area contributed by atoms with Crippen LogP contribution in [0.3, 0.4) is 0 Å². The van der Waals surface area contributed by atoms with Gasteiger partial charge in [-0.25, -0.2) is 4.98 Å². The lowest BCUT2D eigenvalue weighted by Crippen LogP contribution is -2.39. The molecule has 0 saturated carbocycles. The molecule has 1 aromatic rings. The third-order valence-electron chi connectivity index (χ3n) is 4.49. The van der Waals surface area contributed by atoms with Crippen molar-refractivity contribution in [1.82, 2.24) is 9.88 Å². The van der Waals surface area contributed by atoms with E-state index in [1.54, 1.807) is 0 Å². The highest BCUT2D eigenvalue weighted by Gasteiger charge is 2.31. The zero-order valence-corrected chi connectivity index (χ0v) is 14.5. The summed E-state index contributed by atoms with van der Waals surface area (Å²) in [6.45, 7) is 14.8. The Bertz CT molecular complexity index is 446. The first-order valence-corrected chi connectivity index (χ1v) is 8.42.